The third-order valence-electron chi connectivity index (χ3n) is 3.15. The van der Waals surface area contributed by atoms with Crippen molar-refractivity contribution in [3.63, 3.8) is 0 Å². The molecule has 1 aromatic rings. The molecule has 0 unspecified atom stereocenters. The zero-order chi connectivity index (χ0) is 14.5. The topological polar surface area (TPSA) is 32.3 Å². The number of carbonyl (C=O) groups is 1. The summed E-state index contributed by atoms with van der Waals surface area (Å²) < 4.78 is 0.819. The number of thiocarbonyl (C=S) groups is 1. The predicted octanol–water partition coefficient (Wildman–Crippen LogP) is 3.70. The maximum absolute atomic E-state index is 11.9. The minimum absolute atomic E-state index is 0.0588. The number of carbonyl (C=O) groups excluding carboxylic acids is 1. The van der Waals surface area contributed by atoms with Gasteiger partial charge in [0.1, 0.15) is 4.32 Å². The van der Waals surface area contributed by atoms with Gasteiger partial charge in [-0.05, 0) is 37.5 Å². The third kappa shape index (κ3) is 4.36. The second-order valence-corrected chi connectivity index (χ2v) is 6.78. The predicted molar refractivity (Wildman–Crippen MR) is 90.7 cm³/mol. The highest BCUT2D eigenvalue weighted by Crippen LogP contribution is 2.21. The number of benzene rings is 1. The van der Waals surface area contributed by atoms with E-state index in [-0.39, 0.29) is 5.91 Å². The van der Waals surface area contributed by atoms with Crippen LogP contribution in [0.3, 0.4) is 0 Å². The van der Waals surface area contributed by atoms with E-state index < -0.39 is 0 Å². The summed E-state index contributed by atoms with van der Waals surface area (Å²) in [5, 5.41) is 3.49. The molecule has 3 nitrogen and oxygen atoms in total. The van der Waals surface area contributed by atoms with E-state index in [1.54, 1.807) is 6.07 Å². The molecular formula is C14H17ClN2OS2. The Labute approximate surface area is 134 Å². The van der Waals surface area contributed by atoms with Crippen LogP contribution in [0.4, 0.5) is 5.69 Å². The van der Waals surface area contributed by atoms with E-state index >= 15 is 0 Å². The molecule has 0 radical (unpaired) electrons. The monoisotopic (exact) mass is 328 g/mol. The van der Waals surface area contributed by atoms with E-state index in [0.29, 0.717) is 10.8 Å². The Bertz CT molecular complexity index is 516. The second kappa shape index (κ2) is 7.29. The molecule has 0 spiro atoms. The zero-order valence-electron chi connectivity index (χ0n) is 11.3. The molecule has 1 amide bonds. The van der Waals surface area contributed by atoms with Gasteiger partial charge in [0.15, 0.2) is 0 Å². The first-order valence-corrected chi connectivity index (χ1v) is 8.31. The lowest BCUT2D eigenvalue weighted by Crippen LogP contribution is -2.25. The van der Waals surface area contributed by atoms with Crippen molar-refractivity contribution >= 4 is 51.5 Å². The van der Waals surface area contributed by atoms with Crippen LogP contribution in [0.25, 0.3) is 0 Å². The van der Waals surface area contributed by atoms with Gasteiger partial charge < -0.3 is 10.2 Å². The summed E-state index contributed by atoms with van der Waals surface area (Å²) in [6.45, 7) is 3.96. The van der Waals surface area contributed by atoms with Gasteiger partial charge in [0.25, 0.3) is 0 Å². The first-order valence-electron chi connectivity index (χ1n) is 6.54. The zero-order valence-corrected chi connectivity index (χ0v) is 13.7. The van der Waals surface area contributed by atoms with E-state index in [1.165, 1.54) is 24.6 Å². The fraction of sp³-hybridized carbons (Fsp3) is 0.429. The van der Waals surface area contributed by atoms with Crippen LogP contribution in [0.1, 0.15) is 18.4 Å². The van der Waals surface area contributed by atoms with Crippen LogP contribution in [-0.4, -0.2) is 34.0 Å². The third-order valence-corrected chi connectivity index (χ3v) is 5.08. The Morgan fingerprint density at radius 3 is 2.80 bits per heavy atom. The molecular weight excluding hydrogens is 312 g/mol. The summed E-state index contributed by atoms with van der Waals surface area (Å²) in [7, 11) is 0. The molecule has 0 saturated carbocycles. The highest BCUT2D eigenvalue weighted by molar-refractivity contribution is 8.23. The van der Waals surface area contributed by atoms with Crippen LogP contribution in [0.5, 0.6) is 0 Å². The lowest BCUT2D eigenvalue weighted by Gasteiger charge is -2.17. The average molecular weight is 329 g/mol. The van der Waals surface area contributed by atoms with Crippen molar-refractivity contribution in [2.75, 3.05) is 24.2 Å². The van der Waals surface area contributed by atoms with Gasteiger partial charge in [0.05, 0.1) is 5.75 Å². The highest BCUT2D eigenvalue weighted by atomic mass is 35.5. The molecule has 0 atom stereocenters. The second-order valence-electron chi connectivity index (χ2n) is 4.76. The molecule has 0 bridgehead atoms. The van der Waals surface area contributed by atoms with Crippen LogP contribution in [0.2, 0.25) is 5.02 Å². The number of halogens is 1. The normalized spacial score (nSPS) is 14.4. The van der Waals surface area contributed by atoms with Gasteiger partial charge in [-0.1, -0.05) is 41.6 Å². The summed E-state index contributed by atoms with van der Waals surface area (Å²) in [6.07, 6.45) is 2.38. The number of likely N-dealkylation sites (tertiary alicyclic amines) is 1. The summed E-state index contributed by atoms with van der Waals surface area (Å²) in [6, 6.07) is 5.50. The van der Waals surface area contributed by atoms with Crippen LogP contribution in [0, 0.1) is 6.92 Å². The van der Waals surface area contributed by atoms with Gasteiger partial charge in [0, 0.05) is 23.8 Å². The van der Waals surface area contributed by atoms with Crippen molar-refractivity contribution in [3.05, 3.63) is 28.8 Å². The number of thioether (sulfide) groups is 1. The molecule has 1 saturated heterocycles. The summed E-state index contributed by atoms with van der Waals surface area (Å²) >= 11 is 12.8. The number of nitrogens with one attached hydrogen (secondary N) is 1. The standard InChI is InChI=1S/C14H17ClN2OS2/c1-10-4-5-11(8-12(10)15)16-13(18)9-20-14(19)17-6-2-3-7-17/h4-5,8H,2-3,6-7,9H2,1H3,(H,16,18). The number of hydrogen-bond donors (Lipinski definition) is 1. The maximum atomic E-state index is 11.9. The van der Waals surface area contributed by atoms with Crippen LogP contribution in [0.15, 0.2) is 18.2 Å². The number of hydrogen-bond acceptors (Lipinski definition) is 3. The Balaban J connectivity index is 1.80. The average Bonchev–Trinajstić information content (AvgIpc) is 2.94. The molecule has 1 aromatic carbocycles. The lowest BCUT2D eigenvalue weighted by atomic mass is 10.2. The molecule has 1 heterocycles. The van der Waals surface area contributed by atoms with E-state index in [1.807, 2.05) is 19.1 Å². The fourth-order valence-corrected chi connectivity index (χ4v) is 3.22. The quantitative estimate of drug-likeness (QED) is 0.857. The van der Waals surface area contributed by atoms with Crippen molar-refractivity contribution in [2.24, 2.45) is 0 Å². The number of rotatable bonds is 3. The van der Waals surface area contributed by atoms with Crippen molar-refractivity contribution in [1.29, 1.82) is 0 Å². The smallest absolute Gasteiger partial charge is 0.234 e. The maximum Gasteiger partial charge on any atom is 0.234 e. The molecule has 108 valence electrons. The van der Waals surface area contributed by atoms with Crippen molar-refractivity contribution in [1.82, 2.24) is 4.90 Å². The van der Waals surface area contributed by atoms with Crippen LogP contribution < -0.4 is 5.32 Å². The number of anilines is 1. The first kappa shape index (κ1) is 15.6. The van der Waals surface area contributed by atoms with E-state index in [9.17, 15) is 4.79 Å². The molecule has 0 aromatic heterocycles. The van der Waals surface area contributed by atoms with E-state index in [4.69, 9.17) is 23.8 Å². The number of nitrogens with zero attached hydrogens (tertiary/aromatic N) is 1. The van der Waals surface area contributed by atoms with Gasteiger partial charge in [0.2, 0.25) is 5.91 Å². The Morgan fingerprint density at radius 1 is 1.45 bits per heavy atom. The summed E-state index contributed by atoms with van der Waals surface area (Å²) in [4.78, 5) is 14.0. The van der Waals surface area contributed by atoms with Crippen molar-refractivity contribution in [3.8, 4) is 0 Å². The van der Waals surface area contributed by atoms with Gasteiger partial charge in [-0.2, -0.15) is 0 Å². The summed E-state index contributed by atoms with van der Waals surface area (Å²) in [5.41, 5.74) is 1.72. The minimum Gasteiger partial charge on any atom is -0.358 e. The summed E-state index contributed by atoms with van der Waals surface area (Å²) in [5.74, 6) is 0.275. The molecule has 20 heavy (non-hydrogen) atoms. The Morgan fingerprint density at radius 2 is 2.15 bits per heavy atom. The molecule has 1 N–H and O–H groups in total. The molecule has 2 rings (SSSR count). The van der Waals surface area contributed by atoms with E-state index in [2.05, 4.69) is 10.2 Å². The van der Waals surface area contributed by atoms with Gasteiger partial charge in [-0.15, -0.1) is 0 Å². The number of amides is 1. The van der Waals surface area contributed by atoms with Crippen LogP contribution >= 0.6 is 35.6 Å². The highest BCUT2D eigenvalue weighted by Gasteiger charge is 2.16. The Kier molecular flexibility index (Phi) is 5.69. The fourth-order valence-electron chi connectivity index (χ4n) is 1.99. The largest absolute Gasteiger partial charge is 0.358 e. The Hall–Kier alpha value is -0.780. The molecule has 1 fully saturated rings. The first-order chi connectivity index (χ1) is 9.56. The van der Waals surface area contributed by atoms with Crippen molar-refractivity contribution < 1.29 is 4.79 Å². The SMILES string of the molecule is Cc1ccc(NC(=O)CSC(=S)N2CCCC2)cc1Cl. The van der Waals surface area contributed by atoms with E-state index in [0.717, 1.165) is 28.7 Å². The van der Waals surface area contributed by atoms with Gasteiger partial charge in [-0.3, -0.25) is 4.79 Å². The molecule has 1 aliphatic rings. The molecule has 1 aliphatic heterocycles. The van der Waals surface area contributed by atoms with Crippen LogP contribution in [-0.2, 0) is 4.79 Å². The van der Waals surface area contributed by atoms with Crippen molar-refractivity contribution in [2.45, 2.75) is 19.8 Å². The van der Waals surface area contributed by atoms with Gasteiger partial charge in [-0.25, -0.2) is 0 Å². The molecule has 0 aliphatic carbocycles. The number of aryl methyl sites for hydroxylation is 1. The minimum atomic E-state index is -0.0588. The molecule has 6 heteroatoms. The lowest BCUT2D eigenvalue weighted by molar-refractivity contribution is -0.113. The van der Waals surface area contributed by atoms with Gasteiger partial charge >= 0.3 is 0 Å².